The molecule has 0 saturated heterocycles. The quantitative estimate of drug-likeness (QED) is 0.799. The van der Waals surface area contributed by atoms with Crippen molar-refractivity contribution in [2.75, 3.05) is 11.6 Å². The molecule has 3 heteroatoms. The van der Waals surface area contributed by atoms with Crippen molar-refractivity contribution in [3.8, 4) is 0 Å². The van der Waals surface area contributed by atoms with E-state index in [1.807, 2.05) is 6.07 Å². The lowest BCUT2D eigenvalue weighted by Crippen LogP contribution is -2.26. The van der Waals surface area contributed by atoms with E-state index in [0.29, 0.717) is 0 Å². The van der Waals surface area contributed by atoms with Crippen molar-refractivity contribution in [2.45, 2.75) is 12.8 Å². The highest BCUT2D eigenvalue weighted by Crippen LogP contribution is 2.23. The molecule has 3 rings (SSSR count). The molecule has 2 nitrogen and oxygen atoms in total. The molecule has 0 bridgehead atoms. The lowest BCUT2D eigenvalue weighted by atomic mass is 10.0. The van der Waals surface area contributed by atoms with Crippen molar-refractivity contribution < 1.29 is 0 Å². The van der Waals surface area contributed by atoms with Gasteiger partial charge >= 0.3 is 0 Å². The SMILES string of the molecule is Brc1ccc(N2CCCC(c3ccccc3)=N2)cc1. The van der Waals surface area contributed by atoms with Gasteiger partial charge in [-0.3, -0.25) is 5.01 Å². The number of hydrogen-bond acceptors (Lipinski definition) is 2. The summed E-state index contributed by atoms with van der Waals surface area (Å²) in [6, 6.07) is 18.7. The molecule has 0 aliphatic carbocycles. The molecule has 0 atom stereocenters. The van der Waals surface area contributed by atoms with Gasteiger partial charge in [0.15, 0.2) is 0 Å². The summed E-state index contributed by atoms with van der Waals surface area (Å²) in [5, 5.41) is 6.88. The first kappa shape index (κ1) is 12.4. The summed E-state index contributed by atoms with van der Waals surface area (Å²) in [4.78, 5) is 0. The molecule has 1 aliphatic rings. The maximum atomic E-state index is 4.79. The van der Waals surface area contributed by atoms with Crippen molar-refractivity contribution in [3.05, 3.63) is 64.6 Å². The summed E-state index contributed by atoms with van der Waals surface area (Å²) in [6.07, 6.45) is 2.20. The van der Waals surface area contributed by atoms with Gasteiger partial charge in [-0.05, 0) is 42.7 Å². The number of hydrazone groups is 1. The van der Waals surface area contributed by atoms with E-state index in [-0.39, 0.29) is 0 Å². The van der Waals surface area contributed by atoms with E-state index in [2.05, 4.69) is 69.5 Å². The molecule has 0 radical (unpaired) electrons. The average molecular weight is 315 g/mol. The smallest absolute Gasteiger partial charge is 0.0682 e. The van der Waals surface area contributed by atoms with Gasteiger partial charge in [-0.25, -0.2) is 0 Å². The van der Waals surface area contributed by atoms with E-state index in [1.165, 1.54) is 11.3 Å². The maximum absolute atomic E-state index is 4.79. The molecule has 0 aromatic heterocycles. The summed E-state index contributed by atoms with van der Waals surface area (Å²) in [6.45, 7) is 0.984. The molecular formula is C16H15BrN2. The Bertz CT molecular complexity index is 575. The summed E-state index contributed by atoms with van der Waals surface area (Å²) in [5.41, 5.74) is 3.55. The van der Waals surface area contributed by atoms with Gasteiger partial charge in [0.25, 0.3) is 0 Å². The zero-order valence-electron chi connectivity index (χ0n) is 10.6. The summed E-state index contributed by atoms with van der Waals surface area (Å²) in [5.74, 6) is 0. The van der Waals surface area contributed by atoms with Crippen LogP contribution in [-0.2, 0) is 0 Å². The average Bonchev–Trinajstić information content (AvgIpc) is 2.49. The molecule has 1 aliphatic heterocycles. The van der Waals surface area contributed by atoms with Crippen molar-refractivity contribution in [1.82, 2.24) is 0 Å². The minimum Gasteiger partial charge on any atom is -0.265 e. The Morgan fingerprint density at radius 3 is 2.42 bits per heavy atom. The van der Waals surface area contributed by atoms with Crippen molar-refractivity contribution in [1.29, 1.82) is 0 Å². The van der Waals surface area contributed by atoms with Crippen LogP contribution in [0.1, 0.15) is 18.4 Å². The third-order valence-electron chi connectivity index (χ3n) is 3.26. The summed E-state index contributed by atoms with van der Waals surface area (Å²) >= 11 is 3.46. The van der Waals surface area contributed by atoms with Gasteiger partial charge in [-0.2, -0.15) is 5.10 Å². The van der Waals surface area contributed by atoms with Crippen LogP contribution in [0.4, 0.5) is 5.69 Å². The van der Waals surface area contributed by atoms with Crippen LogP contribution in [0, 0.1) is 0 Å². The Hall–Kier alpha value is -1.61. The molecule has 0 saturated carbocycles. The van der Waals surface area contributed by atoms with Gasteiger partial charge in [-0.1, -0.05) is 46.3 Å². The van der Waals surface area contributed by atoms with E-state index in [0.717, 1.165) is 29.5 Å². The van der Waals surface area contributed by atoms with E-state index in [1.54, 1.807) is 0 Å². The zero-order valence-corrected chi connectivity index (χ0v) is 12.2. The second kappa shape index (κ2) is 5.57. The Labute approximate surface area is 121 Å². The van der Waals surface area contributed by atoms with Crippen LogP contribution in [0.2, 0.25) is 0 Å². The molecular weight excluding hydrogens is 300 g/mol. The topological polar surface area (TPSA) is 15.6 Å². The molecule has 0 spiro atoms. The minimum absolute atomic E-state index is 0.984. The lowest BCUT2D eigenvalue weighted by molar-refractivity contribution is 0.741. The fourth-order valence-electron chi connectivity index (χ4n) is 2.27. The van der Waals surface area contributed by atoms with E-state index in [4.69, 9.17) is 5.10 Å². The Morgan fingerprint density at radius 2 is 1.68 bits per heavy atom. The van der Waals surface area contributed by atoms with Crippen LogP contribution in [-0.4, -0.2) is 12.3 Å². The Kier molecular flexibility index (Phi) is 3.65. The van der Waals surface area contributed by atoms with E-state index in [9.17, 15) is 0 Å². The highest BCUT2D eigenvalue weighted by atomic mass is 79.9. The predicted molar refractivity (Wildman–Crippen MR) is 83.7 cm³/mol. The maximum Gasteiger partial charge on any atom is 0.0682 e. The third kappa shape index (κ3) is 2.87. The van der Waals surface area contributed by atoms with Crippen LogP contribution in [0.25, 0.3) is 0 Å². The predicted octanol–water partition coefficient (Wildman–Crippen LogP) is 4.45. The second-order valence-electron chi connectivity index (χ2n) is 4.62. The molecule has 19 heavy (non-hydrogen) atoms. The van der Waals surface area contributed by atoms with Gasteiger partial charge in [0.2, 0.25) is 0 Å². The fraction of sp³-hybridized carbons (Fsp3) is 0.188. The standard InChI is InChI=1S/C16H15BrN2/c17-14-8-10-15(11-9-14)19-12-4-7-16(18-19)13-5-2-1-3-6-13/h1-3,5-6,8-11H,4,7,12H2. The molecule has 2 aromatic rings. The Balaban J connectivity index is 1.90. The Morgan fingerprint density at radius 1 is 0.947 bits per heavy atom. The minimum atomic E-state index is 0.984. The van der Waals surface area contributed by atoms with Gasteiger partial charge in [0.05, 0.1) is 11.4 Å². The fourth-order valence-corrected chi connectivity index (χ4v) is 2.54. The second-order valence-corrected chi connectivity index (χ2v) is 5.53. The first-order chi connectivity index (χ1) is 9.33. The van der Waals surface area contributed by atoms with Crippen LogP contribution < -0.4 is 5.01 Å². The first-order valence-corrected chi connectivity index (χ1v) is 7.28. The number of halogens is 1. The number of nitrogens with zero attached hydrogens (tertiary/aromatic N) is 2. The summed E-state index contributed by atoms with van der Waals surface area (Å²) < 4.78 is 1.10. The van der Waals surface area contributed by atoms with Gasteiger partial charge in [0, 0.05) is 11.0 Å². The number of benzene rings is 2. The van der Waals surface area contributed by atoms with Crippen molar-refractivity contribution >= 4 is 27.3 Å². The van der Waals surface area contributed by atoms with Crippen LogP contribution >= 0.6 is 15.9 Å². The van der Waals surface area contributed by atoms with Gasteiger partial charge in [-0.15, -0.1) is 0 Å². The number of hydrogen-bond donors (Lipinski definition) is 0. The van der Waals surface area contributed by atoms with Crippen LogP contribution in [0.15, 0.2) is 64.2 Å². The molecule has 1 heterocycles. The molecule has 96 valence electrons. The zero-order chi connectivity index (χ0) is 13.1. The molecule has 2 aromatic carbocycles. The molecule has 0 unspecified atom stereocenters. The molecule has 0 N–H and O–H groups in total. The number of rotatable bonds is 2. The first-order valence-electron chi connectivity index (χ1n) is 6.49. The lowest BCUT2D eigenvalue weighted by Gasteiger charge is -2.25. The van der Waals surface area contributed by atoms with Crippen molar-refractivity contribution in [2.24, 2.45) is 5.10 Å². The largest absolute Gasteiger partial charge is 0.265 e. The van der Waals surface area contributed by atoms with Crippen LogP contribution in [0.3, 0.4) is 0 Å². The van der Waals surface area contributed by atoms with Gasteiger partial charge < -0.3 is 0 Å². The molecule has 0 fully saturated rings. The van der Waals surface area contributed by atoms with Gasteiger partial charge in [0.1, 0.15) is 0 Å². The van der Waals surface area contributed by atoms with Crippen LogP contribution in [0.5, 0.6) is 0 Å². The highest BCUT2D eigenvalue weighted by Gasteiger charge is 2.14. The highest BCUT2D eigenvalue weighted by molar-refractivity contribution is 9.10. The number of anilines is 1. The third-order valence-corrected chi connectivity index (χ3v) is 3.79. The monoisotopic (exact) mass is 314 g/mol. The van der Waals surface area contributed by atoms with Crippen molar-refractivity contribution in [3.63, 3.8) is 0 Å². The van der Waals surface area contributed by atoms with E-state index < -0.39 is 0 Å². The van der Waals surface area contributed by atoms with E-state index >= 15 is 0 Å². The normalized spacial score (nSPS) is 15.2. The summed E-state index contributed by atoms with van der Waals surface area (Å²) in [7, 11) is 0. The molecule has 0 amide bonds.